The molecule has 0 saturated heterocycles. The van der Waals surface area contributed by atoms with Crippen LogP contribution in [0, 0.1) is 5.92 Å². The lowest BCUT2D eigenvalue weighted by molar-refractivity contribution is -0.182. The fourth-order valence-electron chi connectivity index (χ4n) is 4.57. The summed E-state index contributed by atoms with van der Waals surface area (Å²) in [5.41, 5.74) is -0.886. The number of hydrogen-bond donors (Lipinski definition) is 8. The van der Waals surface area contributed by atoms with E-state index in [2.05, 4.69) is 31.9 Å². The maximum absolute atomic E-state index is 13.6. The van der Waals surface area contributed by atoms with E-state index in [1.165, 1.54) is 0 Å². The molecule has 0 aromatic heterocycles. The molecule has 4 unspecified atom stereocenters. The third-order valence-corrected chi connectivity index (χ3v) is 6.77. The number of benzene rings is 1. The van der Waals surface area contributed by atoms with E-state index in [1.807, 2.05) is 13.8 Å². The van der Waals surface area contributed by atoms with Gasteiger partial charge in [-0.2, -0.15) is 0 Å². The van der Waals surface area contributed by atoms with Gasteiger partial charge in [-0.25, -0.2) is 4.79 Å². The molecular formula is C35H56N6O11. The monoisotopic (exact) mass is 736 g/mol. The molecule has 0 fully saturated rings. The first-order chi connectivity index (χ1) is 24.0. The van der Waals surface area contributed by atoms with Gasteiger partial charge in [0.1, 0.15) is 30.8 Å². The Bertz CT molecular complexity index is 1360. The first-order valence-corrected chi connectivity index (χ1v) is 17.1. The zero-order valence-electron chi connectivity index (χ0n) is 31.3. The van der Waals surface area contributed by atoms with Gasteiger partial charge in [-0.3, -0.25) is 28.8 Å². The molecule has 0 aliphatic rings. The summed E-state index contributed by atoms with van der Waals surface area (Å²) in [5, 5.41) is 34.3. The van der Waals surface area contributed by atoms with Gasteiger partial charge in [0.25, 0.3) is 0 Å². The van der Waals surface area contributed by atoms with Gasteiger partial charge in [0.15, 0.2) is 6.29 Å². The number of rotatable bonds is 20. The van der Waals surface area contributed by atoms with Gasteiger partial charge in [-0.05, 0) is 65.9 Å². The number of amides is 6. The van der Waals surface area contributed by atoms with E-state index in [9.17, 15) is 38.7 Å². The van der Waals surface area contributed by atoms with Crippen molar-refractivity contribution < 1.29 is 53.2 Å². The Balaban J connectivity index is 3.01. The number of aliphatic hydroxyl groups is 1. The summed E-state index contributed by atoms with van der Waals surface area (Å²) < 4.78 is 10.7. The normalized spacial score (nSPS) is 13.8. The van der Waals surface area contributed by atoms with Crippen LogP contribution in [0.4, 0.5) is 4.79 Å². The number of hydrogen-bond acceptors (Lipinski definition) is 10. The number of aliphatic hydroxyl groups excluding tert-OH is 1. The van der Waals surface area contributed by atoms with E-state index >= 15 is 0 Å². The summed E-state index contributed by atoms with van der Waals surface area (Å²) in [6.45, 7) is 12.1. The molecule has 0 spiro atoms. The topological polar surface area (TPSA) is 251 Å². The molecule has 8 N–H and O–H groups in total. The van der Waals surface area contributed by atoms with Crippen LogP contribution in [-0.4, -0.2) is 107 Å². The minimum Gasteiger partial charge on any atom is -0.480 e. The standard InChI is InChI=1S/C35H56N6O11/c1-21(2)16-24(30(47)37-18-27(43)39-23(32(49)51-34(3,4)5)14-15-26(42)36-20-29(45)46)41-31(48)25(17-22-12-10-9-11-13-22)40-28(44)19-38-33(50)52-35(6,7)8/h9-13,21,23-25,32,49H,14-20H2,1-8H3,(H,36,42)(H,37,47)(H,38,50)(H,39,43)(H,40,44)(H,41,48)(H,45,46). The molecule has 0 aliphatic heterocycles. The van der Waals surface area contributed by atoms with Gasteiger partial charge >= 0.3 is 12.1 Å². The summed E-state index contributed by atoms with van der Waals surface area (Å²) in [6, 6.07) is 5.51. The summed E-state index contributed by atoms with van der Waals surface area (Å²) in [7, 11) is 0. The van der Waals surface area contributed by atoms with E-state index in [1.54, 1.807) is 71.9 Å². The molecule has 1 aromatic rings. The second-order valence-corrected chi connectivity index (χ2v) is 14.6. The first kappa shape index (κ1) is 45.3. The number of carboxylic acid groups (broad SMARTS) is 1. The van der Waals surface area contributed by atoms with E-state index in [0.717, 1.165) is 5.56 Å². The lowest BCUT2D eigenvalue weighted by Gasteiger charge is -2.30. The van der Waals surface area contributed by atoms with Crippen LogP contribution in [0.2, 0.25) is 0 Å². The fourth-order valence-corrected chi connectivity index (χ4v) is 4.57. The Morgan fingerprint density at radius 2 is 1.31 bits per heavy atom. The van der Waals surface area contributed by atoms with E-state index in [4.69, 9.17) is 14.6 Å². The van der Waals surface area contributed by atoms with Crippen molar-refractivity contribution in [1.82, 2.24) is 31.9 Å². The lowest BCUT2D eigenvalue weighted by atomic mass is 10.0. The van der Waals surface area contributed by atoms with Crippen LogP contribution in [0.15, 0.2) is 30.3 Å². The highest BCUT2D eigenvalue weighted by molar-refractivity contribution is 5.94. The molecule has 0 aliphatic carbocycles. The Kier molecular flexibility index (Phi) is 18.8. The van der Waals surface area contributed by atoms with Crippen LogP contribution in [0.25, 0.3) is 0 Å². The van der Waals surface area contributed by atoms with Gasteiger partial charge in [0.05, 0.1) is 18.2 Å². The molecule has 0 heterocycles. The van der Waals surface area contributed by atoms with E-state index in [0.29, 0.717) is 0 Å². The smallest absolute Gasteiger partial charge is 0.408 e. The Morgan fingerprint density at radius 1 is 0.712 bits per heavy atom. The van der Waals surface area contributed by atoms with Crippen molar-refractivity contribution in [3.05, 3.63) is 35.9 Å². The molecular weight excluding hydrogens is 680 g/mol. The SMILES string of the molecule is CC(C)CC(NC(=O)C(Cc1ccccc1)NC(=O)CNC(=O)OC(C)(C)C)C(=O)NCC(=O)NC(CCC(=O)NCC(=O)O)C(O)OC(C)(C)C. The van der Waals surface area contributed by atoms with Crippen molar-refractivity contribution in [2.24, 2.45) is 5.92 Å². The molecule has 0 radical (unpaired) electrons. The average Bonchev–Trinajstić information content (AvgIpc) is 3.01. The van der Waals surface area contributed by atoms with Crippen LogP contribution < -0.4 is 31.9 Å². The molecule has 1 rings (SSSR count). The summed E-state index contributed by atoms with van der Waals surface area (Å²) in [5.74, 6) is -4.70. The number of alkyl carbamates (subject to hydrolysis) is 1. The van der Waals surface area contributed by atoms with Crippen LogP contribution in [0.3, 0.4) is 0 Å². The van der Waals surface area contributed by atoms with Crippen molar-refractivity contribution in [2.45, 2.75) is 117 Å². The highest BCUT2D eigenvalue weighted by Gasteiger charge is 2.30. The molecule has 6 amide bonds. The fraction of sp³-hybridized carbons (Fsp3) is 0.629. The van der Waals surface area contributed by atoms with Gasteiger partial charge in [-0.15, -0.1) is 0 Å². The average molecular weight is 737 g/mol. The predicted molar refractivity (Wildman–Crippen MR) is 189 cm³/mol. The molecule has 17 heteroatoms. The Labute approximate surface area is 304 Å². The Hall–Kier alpha value is -4.77. The molecule has 0 bridgehead atoms. The summed E-state index contributed by atoms with van der Waals surface area (Å²) in [4.78, 5) is 87.5. The number of ether oxygens (including phenoxy) is 2. The molecule has 1 aromatic carbocycles. The van der Waals surface area contributed by atoms with Crippen molar-refractivity contribution >= 4 is 41.6 Å². The largest absolute Gasteiger partial charge is 0.480 e. The molecule has 4 atom stereocenters. The van der Waals surface area contributed by atoms with Crippen molar-refractivity contribution in [2.75, 3.05) is 19.6 Å². The molecule has 52 heavy (non-hydrogen) atoms. The zero-order chi connectivity index (χ0) is 39.6. The third kappa shape index (κ3) is 20.8. The van der Waals surface area contributed by atoms with Gasteiger partial charge in [0, 0.05) is 12.8 Å². The highest BCUT2D eigenvalue weighted by Crippen LogP contribution is 2.15. The minimum atomic E-state index is -1.55. The van der Waals surface area contributed by atoms with Gasteiger partial charge < -0.3 is 51.6 Å². The number of aliphatic carboxylic acids is 1. The van der Waals surface area contributed by atoms with Crippen LogP contribution in [0.1, 0.15) is 80.2 Å². The first-order valence-electron chi connectivity index (χ1n) is 17.1. The third-order valence-electron chi connectivity index (χ3n) is 6.77. The number of carbonyl (C=O) groups is 7. The maximum atomic E-state index is 13.6. The van der Waals surface area contributed by atoms with Crippen molar-refractivity contribution in [1.29, 1.82) is 0 Å². The van der Waals surface area contributed by atoms with Crippen molar-refractivity contribution in [3.63, 3.8) is 0 Å². The lowest BCUT2D eigenvalue weighted by Crippen LogP contribution is -2.56. The molecule has 0 saturated carbocycles. The van der Waals surface area contributed by atoms with E-state index in [-0.39, 0.29) is 31.6 Å². The summed E-state index contributed by atoms with van der Waals surface area (Å²) >= 11 is 0. The van der Waals surface area contributed by atoms with Crippen LogP contribution in [-0.2, 0) is 44.7 Å². The zero-order valence-corrected chi connectivity index (χ0v) is 31.3. The summed E-state index contributed by atoms with van der Waals surface area (Å²) in [6.07, 6.45) is -2.47. The second-order valence-electron chi connectivity index (χ2n) is 14.6. The number of nitrogens with one attached hydrogen (secondary N) is 6. The van der Waals surface area contributed by atoms with Gasteiger partial charge in [0.2, 0.25) is 29.5 Å². The second kappa shape index (κ2) is 21.6. The van der Waals surface area contributed by atoms with Crippen molar-refractivity contribution in [3.8, 4) is 0 Å². The molecule has 292 valence electrons. The minimum absolute atomic E-state index is 0.0674. The predicted octanol–water partition coefficient (Wildman–Crippen LogP) is 0.485. The van der Waals surface area contributed by atoms with Gasteiger partial charge in [-0.1, -0.05) is 44.2 Å². The molecule has 17 nitrogen and oxygen atoms in total. The number of carboxylic acids is 1. The quantitative estimate of drug-likeness (QED) is 0.0856. The number of carbonyl (C=O) groups excluding carboxylic acids is 6. The van der Waals surface area contributed by atoms with Crippen LogP contribution >= 0.6 is 0 Å². The maximum Gasteiger partial charge on any atom is 0.408 e. The van der Waals surface area contributed by atoms with E-state index < -0.39 is 96.9 Å². The Morgan fingerprint density at radius 3 is 1.87 bits per heavy atom. The van der Waals surface area contributed by atoms with Crippen LogP contribution in [0.5, 0.6) is 0 Å². The highest BCUT2D eigenvalue weighted by atomic mass is 16.6.